The van der Waals surface area contributed by atoms with Gasteiger partial charge in [-0.2, -0.15) is 0 Å². The van der Waals surface area contributed by atoms with Crippen molar-refractivity contribution in [2.45, 2.75) is 13.0 Å². The third-order valence-electron chi connectivity index (χ3n) is 4.80. The SMILES string of the molecule is COc1cc(N2CNn3cc(-c4ccc(Cl)cc4)cc3C2=O)ccc1OC[C@@H](C)O. The second kappa shape index (κ2) is 8.30. The molecule has 156 valence electrons. The molecule has 30 heavy (non-hydrogen) atoms. The molecule has 7 nitrogen and oxygen atoms in total. The summed E-state index contributed by atoms with van der Waals surface area (Å²) in [5.74, 6) is 0.866. The summed E-state index contributed by atoms with van der Waals surface area (Å²) < 4.78 is 12.7. The molecule has 2 aromatic carbocycles. The van der Waals surface area contributed by atoms with E-state index >= 15 is 0 Å². The van der Waals surface area contributed by atoms with Crippen LogP contribution in [0.4, 0.5) is 5.69 Å². The fourth-order valence-corrected chi connectivity index (χ4v) is 3.40. The van der Waals surface area contributed by atoms with Crippen molar-refractivity contribution in [3.63, 3.8) is 0 Å². The first-order valence-electron chi connectivity index (χ1n) is 9.49. The van der Waals surface area contributed by atoms with Crippen LogP contribution in [0, 0.1) is 0 Å². The third kappa shape index (κ3) is 3.94. The minimum atomic E-state index is -0.593. The van der Waals surface area contributed by atoms with E-state index in [2.05, 4.69) is 5.43 Å². The molecule has 2 heterocycles. The van der Waals surface area contributed by atoms with Crippen LogP contribution in [0.5, 0.6) is 11.5 Å². The Kier molecular flexibility index (Phi) is 5.57. The summed E-state index contributed by atoms with van der Waals surface area (Å²) in [6.07, 6.45) is 1.30. The van der Waals surface area contributed by atoms with Gasteiger partial charge >= 0.3 is 0 Å². The number of ether oxygens (including phenoxy) is 2. The molecular formula is C22H22ClN3O4. The summed E-state index contributed by atoms with van der Waals surface area (Å²) in [7, 11) is 1.54. The number of methoxy groups -OCH3 is 1. The molecule has 1 aliphatic heterocycles. The van der Waals surface area contributed by atoms with Gasteiger partial charge < -0.3 is 20.0 Å². The number of hydrogen-bond donors (Lipinski definition) is 2. The minimum absolute atomic E-state index is 0.131. The Bertz CT molecular complexity index is 1060. The maximum Gasteiger partial charge on any atom is 0.278 e. The highest BCUT2D eigenvalue weighted by molar-refractivity contribution is 6.30. The van der Waals surface area contributed by atoms with Crippen LogP contribution < -0.4 is 19.8 Å². The van der Waals surface area contributed by atoms with E-state index in [1.54, 1.807) is 34.7 Å². The molecule has 0 spiro atoms. The highest BCUT2D eigenvalue weighted by Gasteiger charge is 2.27. The highest BCUT2D eigenvalue weighted by atomic mass is 35.5. The number of carbonyl (C=O) groups excluding carboxylic acids is 1. The van der Waals surface area contributed by atoms with E-state index in [9.17, 15) is 9.90 Å². The molecule has 8 heteroatoms. The second-order valence-corrected chi connectivity index (χ2v) is 7.47. The Labute approximate surface area is 179 Å². The van der Waals surface area contributed by atoms with Gasteiger partial charge in [-0.3, -0.25) is 14.4 Å². The van der Waals surface area contributed by atoms with Crippen LogP contribution in [0.3, 0.4) is 0 Å². The van der Waals surface area contributed by atoms with Gasteiger partial charge in [0.2, 0.25) is 0 Å². The average Bonchev–Trinajstić information content (AvgIpc) is 3.18. The maximum absolute atomic E-state index is 13.2. The summed E-state index contributed by atoms with van der Waals surface area (Å²) in [5, 5.41) is 10.1. The molecule has 1 aliphatic rings. The van der Waals surface area contributed by atoms with E-state index in [0.717, 1.165) is 11.1 Å². The highest BCUT2D eigenvalue weighted by Crippen LogP contribution is 2.33. The number of halogens is 1. The van der Waals surface area contributed by atoms with Crippen LogP contribution in [0.1, 0.15) is 17.4 Å². The van der Waals surface area contributed by atoms with Crippen molar-refractivity contribution in [1.82, 2.24) is 4.68 Å². The first-order valence-corrected chi connectivity index (χ1v) is 9.87. The number of aliphatic hydroxyl groups is 1. The largest absolute Gasteiger partial charge is 0.493 e. The molecule has 1 atom stereocenters. The summed E-state index contributed by atoms with van der Waals surface area (Å²) >= 11 is 5.97. The van der Waals surface area contributed by atoms with Crippen molar-refractivity contribution in [3.8, 4) is 22.6 Å². The van der Waals surface area contributed by atoms with Crippen LogP contribution in [0.15, 0.2) is 54.7 Å². The van der Waals surface area contributed by atoms with Crippen LogP contribution in [0.2, 0.25) is 5.02 Å². The first-order chi connectivity index (χ1) is 14.5. The summed E-state index contributed by atoms with van der Waals surface area (Å²) in [6, 6.07) is 14.6. The van der Waals surface area contributed by atoms with Crippen molar-refractivity contribution < 1.29 is 19.4 Å². The first kappa shape index (κ1) is 20.1. The summed E-state index contributed by atoms with van der Waals surface area (Å²) in [6.45, 7) is 2.10. The number of aromatic nitrogens is 1. The van der Waals surface area contributed by atoms with Crippen molar-refractivity contribution >= 4 is 23.2 Å². The zero-order valence-electron chi connectivity index (χ0n) is 16.6. The zero-order chi connectivity index (χ0) is 21.3. The molecule has 1 aromatic heterocycles. The number of nitrogens with one attached hydrogen (secondary N) is 1. The van der Waals surface area contributed by atoms with Gasteiger partial charge in [0.05, 0.1) is 13.2 Å². The van der Waals surface area contributed by atoms with Crippen molar-refractivity contribution in [2.75, 3.05) is 30.7 Å². The van der Waals surface area contributed by atoms with E-state index in [4.69, 9.17) is 21.1 Å². The Hall–Kier alpha value is -3.16. The molecule has 0 unspecified atom stereocenters. The fraction of sp³-hybridized carbons (Fsp3) is 0.227. The Morgan fingerprint density at radius 3 is 2.60 bits per heavy atom. The topological polar surface area (TPSA) is 76.0 Å². The quantitative estimate of drug-likeness (QED) is 0.626. The average molecular weight is 428 g/mol. The number of benzene rings is 2. The van der Waals surface area contributed by atoms with Gasteiger partial charge in [-0.1, -0.05) is 23.7 Å². The van der Waals surface area contributed by atoms with Gasteiger partial charge in [0.25, 0.3) is 5.91 Å². The maximum atomic E-state index is 13.2. The van der Waals surface area contributed by atoms with Crippen LogP contribution in [-0.2, 0) is 0 Å². The van der Waals surface area contributed by atoms with Gasteiger partial charge in [-0.25, -0.2) is 0 Å². The van der Waals surface area contributed by atoms with E-state index in [1.807, 2.05) is 36.5 Å². The lowest BCUT2D eigenvalue weighted by Gasteiger charge is -2.29. The molecule has 0 saturated heterocycles. The normalized spacial score (nSPS) is 14.1. The molecule has 0 radical (unpaired) electrons. The van der Waals surface area contributed by atoms with Gasteiger partial charge in [-0.05, 0) is 42.8 Å². The van der Waals surface area contributed by atoms with Crippen molar-refractivity contribution in [3.05, 3.63) is 65.4 Å². The van der Waals surface area contributed by atoms with E-state index in [1.165, 1.54) is 7.11 Å². The standard InChI is InChI=1S/C22H22ClN3O4/c1-14(27)12-30-20-8-7-18(10-21(20)29-2)25-13-24-26-11-16(9-19(26)22(25)28)15-3-5-17(23)6-4-15/h3-11,14,24,27H,12-13H2,1-2H3/t14-/m1/s1. The van der Waals surface area contributed by atoms with Crippen molar-refractivity contribution in [1.29, 1.82) is 0 Å². The van der Waals surface area contributed by atoms with Crippen LogP contribution in [0.25, 0.3) is 11.1 Å². The summed E-state index contributed by atoms with van der Waals surface area (Å²) in [4.78, 5) is 14.8. The number of carbonyl (C=O) groups is 1. The molecular weight excluding hydrogens is 406 g/mol. The van der Waals surface area contributed by atoms with Gasteiger partial charge in [0, 0.05) is 28.5 Å². The lowest BCUT2D eigenvalue weighted by molar-refractivity contribution is 0.0972. The number of fused-ring (bicyclic) bond motifs is 1. The number of aliphatic hydroxyl groups excluding tert-OH is 1. The molecule has 3 aromatic rings. The fourth-order valence-electron chi connectivity index (χ4n) is 3.28. The molecule has 2 N–H and O–H groups in total. The third-order valence-corrected chi connectivity index (χ3v) is 5.05. The van der Waals surface area contributed by atoms with Crippen molar-refractivity contribution in [2.24, 2.45) is 0 Å². The van der Waals surface area contributed by atoms with Gasteiger partial charge in [-0.15, -0.1) is 0 Å². The molecule has 0 fully saturated rings. The monoisotopic (exact) mass is 427 g/mol. The molecule has 0 saturated carbocycles. The minimum Gasteiger partial charge on any atom is -0.493 e. The zero-order valence-corrected chi connectivity index (χ0v) is 17.4. The number of amides is 1. The lowest BCUT2D eigenvalue weighted by Crippen LogP contribution is -2.44. The Morgan fingerprint density at radius 1 is 1.13 bits per heavy atom. The Morgan fingerprint density at radius 2 is 1.90 bits per heavy atom. The van der Waals surface area contributed by atoms with Gasteiger partial charge in [0.1, 0.15) is 19.0 Å². The number of rotatable bonds is 6. The molecule has 4 rings (SSSR count). The van der Waals surface area contributed by atoms with Crippen LogP contribution in [-0.4, -0.2) is 42.2 Å². The molecule has 0 bridgehead atoms. The summed E-state index contributed by atoms with van der Waals surface area (Å²) in [5.41, 5.74) is 6.32. The van der Waals surface area contributed by atoms with Gasteiger partial charge in [0.15, 0.2) is 11.5 Å². The second-order valence-electron chi connectivity index (χ2n) is 7.04. The smallest absolute Gasteiger partial charge is 0.278 e. The predicted octanol–water partition coefficient (Wildman–Crippen LogP) is 3.74. The van der Waals surface area contributed by atoms with Crippen LogP contribution >= 0.6 is 11.6 Å². The number of nitrogens with zero attached hydrogens (tertiary/aromatic N) is 2. The molecule has 1 amide bonds. The number of hydrogen-bond acceptors (Lipinski definition) is 5. The van der Waals surface area contributed by atoms with E-state index in [-0.39, 0.29) is 12.5 Å². The lowest BCUT2D eigenvalue weighted by atomic mass is 10.1. The molecule has 0 aliphatic carbocycles. The predicted molar refractivity (Wildman–Crippen MR) is 116 cm³/mol. The van der Waals surface area contributed by atoms with E-state index < -0.39 is 6.10 Å². The number of anilines is 1. The van der Waals surface area contributed by atoms with E-state index in [0.29, 0.717) is 34.6 Å². The Balaban J connectivity index is 1.59.